The van der Waals surface area contributed by atoms with Crippen molar-refractivity contribution in [2.24, 2.45) is 0 Å². The smallest absolute Gasteiger partial charge is 0.0501 e. The Bertz CT molecular complexity index is 160. The first-order valence-corrected chi connectivity index (χ1v) is 2.32. The van der Waals surface area contributed by atoms with Crippen LogP contribution in [0.5, 0.6) is 0 Å². The van der Waals surface area contributed by atoms with Crippen LogP contribution in [0.4, 0.5) is 0 Å². The molecule has 0 N–H and O–H groups in total. The Morgan fingerprint density at radius 3 is 1.71 bits per heavy atom. The first kappa shape index (κ1) is 3.25. The van der Waals surface area contributed by atoms with E-state index in [0.29, 0.717) is 0 Å². The summed E-state index contributed by atoms with van der Waals surface area (Å²) in [4.78, 5) is 0. The molecule has 2 bridgehead atoms. The van der Waals surface area contributed by atoms with Gasteiger partial charge in [0.2, 0.25) is 0 Å². The molecule has 0 aromatic rings. The zero-order valence-corrected chi connectivity index (χ0v) is 3.81. The van der Waals surface area contributed by atoms with E-state index in [2.05, 4.69) is 30.7 Å². The molecule has 0 heterocycles. The van der Waals surface area contributed by atoms with E-state index >= 15 is 0 Å². The minimum absolute atomic E-state index is 1.22. The van der Waals surface area contributed by atoms with E-state index in [1.165, 1.54) is 11.1 Å². The van der Waals surface area contributed by atoms with Crippen LogP contribution in [0.15, 0.2) is 35.5 Å². The fourth-order valence-electron chi connectivity index (χ4n) is 0.804. The highest BCUT2D eigenvalue weighted by molar-refractivity contribution is 5.58. The van der Waals surface area contributed by atoms with Crippen LogP contribution < -0.4 is 0 Å². The summed E-state index contributed by atoms with van der Waals surface area (Å²) < 4.78 is 0. The van der Waals surface area contributed by atoms with Crippen LogP contribution in [-0.4, -0.2) is 0 Å². The summed E-state index contributed by atoms with van der Waals surface area (Å²) in [5.41, 5.74) is 2.44. The molecule has 2 aliphatic carbocycles. The highest BCUT2D eigenvalue weighted by Gasteiger charge is 2.09. The van der Waals surface area contributed by atoms with Crippen LogP contribution in [0.25, 0.3) is 0 Å². The summed E-state index contributed by atoms with van der Waals surface area (Å²) in [6, 6.07) is 0. The van der Waals surface area contributed by atoms with Gasteiger partial charge in [0.05, 0.1) is 6.42 Å². The maximum absolute atomic E-state index is 3.14. The van der Waals surface area contributed by atoms with Crippen molar-refractivity contribution in [3.63, 3.8) is 0 Å². The molecule has 2 aliphatic rings. The molecule has 0 saturated carbocycles. The molecule has 0 spiro atoms. The van der Waals surface area contributed by atoms with Gasteiger partial charge in [-0.1, -0.05) is 24.3 Å². The Morgan fingerprint density at radius 2 is 1.57 bits per heavy atom. The van der Waals surface area contributed by atoms with E-state index < -0.39 is 0 Å². The van der Waals surface area contributed by atoms with Crippen LogP contribution in [0.3, 0.4) is 0 Å². The summed E-state index contributed by atoms with van der Waals surface area (Å²) in [6.07, 6.45) is 11.4. The van der Waals surface area contributed by atoms with Gasteiger partial charge in [-0.25, -0.2) is 0 Å². The predicted octanol–water partition coefficient (Wildman–Crippen LogP) is 1.50. The first-order chi connectivity index (χ1) is 3.45. The molecule has 32 valence electrons. The summed E-state index contributed by atoms with van der Waals surface area (Å²) >= 11 is 0. The molecule has 0 atom stereocenters. The number of hydrogen-bond acceptors (Lipinski definition) is 0. The van der Waals surface area contributed by atoms with Crippen molar-refractivity contribution in [2.45, 2.75) is 0 Å². The van der Waals surface area contributed by atoms with Crippen LogP contribution in [0.1, 0.15) is 0 Å². The molecule has 0 heteroatoms. The van der Waals surface area contributed by atoms with Gasteiger partial charge in [0.1, 0.15) is 0 Å². The second-order valence-electron chi connectivity index (χ2n) is 1.70. The average molecular weight is 88.1 g/mol. The Morgan fingerprint density at radius 1 is 1.00 bits per heavy atom. The maximum Gasteiger partial charge on any atom is 0.0501 e. The lowest BCUT2D eigenvalue weighted by molar-refractivity contribution is 1.67. The van der Waals surface area contributed by atoms with Gasteiger partial charge in [-0.05, 0) is 11.1 Å². The minimum Gasteiger partial charge on any atom is -0.0577 e. The quantitative estimate of drug-likeness (QED) is 0.421. The second-order valence-corrected chi connectivity index (χ2v) is 1.70. The molecule has 2 radical (unpaired) electrons. The largest absolute Gasteiger partial charge is 0.0577 e. The summed E-state index contributed by atoms with van der Waals surface area (Å²) in [6.45, 7) is 0. The summed E-state index contributed by atoms with van der Waals surface area (Å²) in [5, 5.41) is 0. The summed E-state index contributed by atoms with van der Waals surface area (Å²) in [7, 11) is 0. The Kier molecular flexibility index (Phi) is 0.413. The molecule has 0 aromatic heterocycles. The van der Waals surface area contributed by atoms with Crippen LogP contribution in [-0.2, 0) is 0 Å². The van der Waals surface area contributed by atoms with E-state index in [1.807, 2.05) is 0 Å². The van der Waals surface area contributed by atoms with Crippen LogP contribution in [0.2, 0.25) is 0 Å². The minimum atomic E-state index is 1.22. The van der Waals surface area contributed by atoms with Gasteiger partial charge in [-0.2, -0.15) is 0 Å². The number of hydrogen-bond donors (Lipinski definition) is 0. The molecule has 0 unspecified atom stereocenters. The number of fused-ring (bicyclic) bond motifs is 2. The van der Waals surface area contributed by atoms with Crippen molar-refractivity contribution in [2.75, 3.05) is 0 Å². The normalized spacial score (nSPS) is 22.9. The third kappa shape index (κ3) is 0.310. The number of allylic oxidation sites excluding steroid dienone is 6. The zero-order chi connectivity index (χ0) is 4.69. The topological polar surface area (TPSA) is 0 Å². The van der Waals surface area contributed by atoms with E-state index in [9.17, 15) is 0 Å². The van der Waals surface area contributed by atoms with E-state index in [-0.39, 0.29) is 0 Å². The summed E-state index contributed by atoms with van der Waals surface area (Å²) in [5.74, 6) is 0. The molecule has 0 fully saturated rings. The molecule has 0 amide bonds. The van der Waals surface area contributed by atoms with Gasteiger partial charge in [-0.15, -0.1) is 0 Å². The van der Waals surface area contributed by atoms with Gasteiger partial charge >= 0.3 is 0 Å². The third-order valence-corrected chi connectivity index (χ3v) is 1.17. The van der Waals surface area contributed by atoms with E-state index in [4.69, 9.17) is 0 Å². The van der Waals surface area contributed by atoms with Crippen molar-refractivity contribution in [3.05, 3.63) is 41.9 Å². The Labute approximate surface area is 42.8 Å². The Hall–Kier alpha value is -0.780. The molecule has 0 nitrogen and oxygen atoms in total. The van der Waals surface area contributed by atoms with E-state index in [0.717, 1.165) is 0 Å². The van der Waals surface area contributed by atoms with Gasteiger partial charge in [-0.3, -0.25) is 0 Å². The molecule has 7 heavy (non-hydrogen) atoms. The highest BCUT2D eigenvalue weighted by Crippen LogP contribution is 2.26. The van der Waals surface area contributed by atoms with Crippen molar-refractivity contribution in [1.29, 1.82) is 0 Å². The predicted molar refractivity (Wildman–Crippen MR) is 28.5 cm³/mol. The van der Waals surface area contributed by atoms with Crippen molar-refractivity contribution < 1.29 is 0 Å². The lowest BCUT2D eigenvalue weighted by atomic mass is 10.3. The van der Waals surface area contributed by atoms with Gasteiger partial charge in [0.25, 0.3) is 0 Å². The zero-order valence-electron chi connectivity index (χ0n) is 3.81. The van der Waals surface area contributed by atoms with E-state index in [1.54, 1.807) is 0 Å². The Balaban J connectivity index is 2.65. The molecule has 0 saturated heterocycles. The third-order valence-electron chi connectivity index (χ3n) is 1.17. The monoisotopic (exact) mass is 88.0 g/mol. The van der Waals surface area contributed by atoms with Gasteiger partial charge in [0.15, 0.2) is 0 Å². The lowest BCUT2D eigenvalue weighted by Gasteiger charge is -1.76. The fraction of sp³-hybridized carbons (Fsp3) is 0. The molecular weight excluding hydrogens is 84.1 g/mol. The van der Waals surface area contributed by atoms with Crippen molar-refractivity contribution in [3.8, 4) is 0 Å². The second kappa shape index (κ2) is 0.890. The van der Waals surface area contributed by atoms with Crippen LogP contribution in [0, 0.1) is 6.42 Å². The maximum atomic E-state index is 3.14. The van der Waals surface area contributed by atoms with Gasteiger partial charge < -0.3 is 0 Å². The van der Waals surface area contributed by atoms with Crippen molar-refractivity contribution in [1.82, 2.24) is 0 Å². The standard InChI is InChI=1S/C7H4/c1-2-7-4-3-6(1)5-7/h1-4H. The first-order valence-electron chi connectivity index (χ1n) is 2.32. The molecule has 2 rings (SSSR count). The fourth-order valence-corrected chi connectivity index (χ4v) is 0.804. The molecule has 0 aliphatic heterocycles. The SMILES string of the molecule is [C]1C2=CC=C1C=C2. The lowest BCUT2D eigenvalue weighted by Crippen LogP contribution is -1.61. The highest BCUT2D eigenvalue weighted by atomic mass is 14.1. The molecule has 0 aromatic carbocycles. The van der Waals surface area contributed by atoms with Gasteiger partial charge in [0, 0.05) is 0 Å². The average Bonchev–Trinajstić information content (AvgIpc) is 2.22. The number of rotatable bonds is 0. The van der Waals surface area contributed by atoms with Crippen molar-refractivity contribution >= 4 is 0 Å². The molecular formula is C7H4. The van der Waals surface area contributed by atoms with Crippen LogP contribution >= 0.6 is 0 Å².